The molecule has 1 heterocycles. The van der Waals surface area contributed by atoms with Crippen LogP contribution in [0.4, 0.5) is 4.39 Å². The molecule has 0 amide bonds. The maximum Gasteiger partial charge on any atom is 0.151 e. The predicted octanol–water partition coefficient (Wildman–Crippen LogP) is 2.87. The van der Waals surface area contributed by atoms with Gasteiger partial charge in [0.2, 0.25) is 0 Å². The highest BCUT2D eigenvalue weighted by Gasteiger charge is 2.33. The Bertz CT molecular complexity index is 927. The van der Waals surface area contributed by atoms with Crippen molar-refractivity contribution in [3.05, 3.63) is 65.0 Å². The molecule has 0 aromatic heterocycles. The van der Waals surface area contributed by atoms with Crippen LogP contribution in [-0.2, 0) is 16.4 Å². The van der Waals surface area contributed by atoms with E-state index in [0.29, 0.717) is 17.7 Å². The molecular weight excluding hydrogens is 393 g/mol. The second-order valence-corrected chi connectivity index (χ2v) is 10.1. The highest BCUT2D eigenvalue weighted by atomic mass is 32.2. The Kier molecular flexibility index (Phi) is 6.93. The predicted molar refractivity (Wildman–Crippen MR) is 111 cm³/mol. The van der Waals surface area contributed by atoms with E-state index in [4.69, 9.17) is 4.74 Å². The molecule has 0 saturated carbocycles. The maximum atomic E-state index is 14.1. The van der Waals surface area contributed by atoms with Gasteiger partial charge in [-0.05, 0) is 49.6 Å². The zero-order valence-corrected chi connectivity index (χ0v) is 17.7. The van der Waals surface area contributed by atoms with Crippen molar-refractivity contribution in [3.8, 4) is 5.75 Å². The first kappa shape index (κ1) is 21.7. The van der Waals surface area contributed by atoms with Crippen LogP contribution < -0.4 is 4.74 Å². The molecule has 158 valence electrons. The fraction of sp³-hybridized carbons (Fsp3) is 0.455. The number of hydrogen-bond donors (Lipinski definition) is 1. The van der Waals surface area contributed by atoms with E-state index in [1.54, 1.807) is 18.2 Å². The normalized spacial score (nSPS) is 19.4. The molecule has 1 aliphatic rings. The summed E-state index contributed by atoms with van der Waals surface area (Å²) in [6, 6.07) is 12.1. The van der Waals surface area contributed by atoms with E-state index in [9.17, 15) is 17.9 Å². The van der Waals surface area contributed by atoms with Crippen LogP contribution in [0, 0.1) is 19.7 Å². The van der Waals surface area contributed by atoms with Gasteiger partial charge in [0, 0.05) is 24.7 Å². The number of aliphatic hydroxyl groups excluding tert-OH is 1. The van der Waals surface area contributed by atoms with Gasteiger partial charge in [-0.25, -0.2) is 12.8 Å². The Morgan fingerprint density at radius 2 is 1.90 bits per heavy atom. The summed E-state index contributed by atoms with van der Waals surface area (Å²) < 4.78 is 43.8. The zero-order chi connectivity index (χ0) is 21.0. The van der Waals surface area contributed by atoms with E-state index < -0.39 is 15.9 Å². The average Bonchev–Trinajstić information content (AvgIpc) is 3.00. The largest absolute Gasteiger partial charge is 0.491 e. The van der Waals surface area contributed by atoms with Gasteiger partial charge in [-0.2, -0.15) is 0 Å². The Hall–Kier alpha value is -1.96. The molecule has 5 nitrogen and oxygen atoms in total. The number of aryl methyl sites for hydroxylation is 2. The van der Waals surface area contributed by atoms with Crippen LogP contribution in [0.15, 0.2) is 42.5 Å². The molecule has 7 heteroatoms. The van der Waals surface area contributed by atoms with Crippen LogP contribution >= 0.6 is 0 Å². The van der Waals surface area contributed by atoms with Crippen molar-refractivity contribution in [1.29, 1.82) is 0 Å². The number of sulfone groups is 1. The standard InChI is InChI=1S/C22H28FNO4S/c1-16-9-17(2)11-21(10-16)28-14-20(25)13-24(19-7-8-29(26,27)15-19)12-18-5-3-4-6-22(18)23/h3-6,9-11,19-20,25H,7-8,12-15H2,1-2H3. The summed E-state index contributed by atoms with van der Waals surface area (Å²) in [6.07, 6.45) is -0.340. The molecular formula is C22H28FNO4S. The lowest BCUT2D eigenvalue weighted by atomic mass is 10.1. The first-order chi connectivity index (χ1) is 13.7. The van der Waals surface area contributed by atoms with Gasteiger partial charge in [-0.1, -0.05) is 24.3 Å². The van der Waals surface area contributed by atoms with Crippen LogP contribution in [0.3, 0.4) is 0 Å². The Morgan fingerprint density at radius 1 is 1.21 bits per heavy atom. The fourth-order valence-corrected chi connectivity index (χ4v) is 5.55. The van der Waals surface area contributed by atoms with Crippen molar-refractivity contribution in [2.75, 3.05) is 24.7 Å². The highest BCUT2D eigenvalue weighted by molar-refractivity contribution is 7.91. The monoisotopic (exact) mass is 421 g/mol. The van der Waals surface area contributed by atoms with E-state index in [0.717, 1.165) is 11.1 Å². The molecule has 2 atom stereocenters. The summed E-state index contributed by atoms with van der Waals surface area (Å²) in [4.78, 5) is 1.86. The topological polar surface area (TPSA) is 66.8 Å². The lowest BCUT2D eigenvalue weighted by Crippen LogP contribution is -2.42. The van der Waals surface area contributed by atoms with Crippen molar-refractivity contribution in [1.82, 2.24) is 4.90 Å². The van der Waals surface area contributed by atoms with E-state index in [1.165, 1.54) is 6.07 Å². The molecule has 1 aliphatic heterocycles. The fourth-order valence-electron chi connectivity index (χ4n) is 3.78. The molecule has 1 fully saturated rings. The molecule has 0 bridgehead atoms. The Morgan fingerprint density at radius 3 is 2.52 bits per heavy atom. The second-order valence-electron chi connectivity index (χ2n) is 7.87. The minimum Gasteiger partial charge on any atom is -0.491 e. The lowest BCUT2D eigenvalue weighted by molar-refractivity contribution is 0.0520. The molecule has 29 heavy (non-hydrogen) atoms. The number of aliphatic hydroxyl groups is 1. The summed E-state index contributed by atoms with van der Waals surface area (Å²) in [5, 5.41) is 10.5. The number of hydrogen-bond acceptors (Lipinski definition) is 5. The van der Waals surface area contributed by atoms with Crippen molar-refractivity contribution in [3.63, 3.8) is 0 Å². The third kappa shape index (κ3) is 6.26. The quantitative estimate of drug-likeness (QED) is 0.710. The van der Waals surface area contributed by atoms with E-state index in [-0.39, 0.29) is 43.1 Å². The molecule has 1 saturated heterocycles. The molecule has 0 aliphatic carbocycles. The molecule has 2 unspecified atom stereocenters. The van der Waals surface area contributed by atoms with E-state index >= 15 is 0 Å². The van der Waals surface area contributed by atoms with Gasteiger partial charge >= 0.3 is 0 Å². The van der Waals surface area contributed by atoms with Gasteiger partial charge in [0.1, 0.15) is 24.3 Å². The Labute approximate surface area is 172 Å². The minimum absolute atomic E-state index is 0.0338. The van der Waals surface area contributed by atoms with Crippen LogP contribution in [0.5, 0.6) is 5.75 Å². The van der Waals surface area contributed by atoms with Crippen molar-refractivity contribution >= 4 is 9.84 Å². The van der Waals surface area contributed by atoms with Crippen LogP contribution in [0.1, 0.15) is 23.1 Å². The van der Waals surface area contributed by atoms with Gasteiger partial charge in [0.25, 0.3) is 0 Å². The number of rotatable bonds is 8. The number of nitrogens with zero attached hydrogens (tertiary/aromatic N) is 1. The first-order valence-electron chi connectivity index (χ1n) is 9.79. The smallest absolute Gasteiger partial charge is 0.151 e. The maximum absolute atomic E-state index is 14.1. The minimum atomic E-state index is -3.09. The third-order valence-electron chi connectivity index (χ3n) is 5.14. The first-order valence-corrected chi connectivity index (χ1v) is 11.6. The lowest BCUT2D eigenvalue weighted by Gasteiger charge is -2.30. The summed E-state index contributed by atoms with van der Waals surface area (Å²) in [7, 11) is -3.09. The molecule has 0 spiro atoms. The van der Waals surface area contributed by atoms with Gasteiger partial charge in [-0.15, -0.1) is 0 Å². The SMILES string of the molecule is Cc1cc(C)cc(OCC(O)CN(Cc2ccccc2F)C2CCS(=O)(=O)C2)c1. The van der Waals surface area contributed by atoms with Gasteiger partial charge in [0.05, 0.1) is 11.5 Å². The summed E-state index contributed by atoms with van der Waals surface area (Å²) in [6.45, 7) is 4.49. The summed E-state index contributed by atoms with van der Waals surface area (Å²) in [5.74, 6) is 0.511. The molecule has 2 aromatic rings. The molecule has 1 N–H and O–H groups in total. The van der Waals surface area contributed by atoms with Crippen molar-refractivity contribution in [2.24, 2.45) is 0 Å². The van der Waals surface area contributed by atoms with Crippen LogP contribution in [0.25, 0.3) is 0 Å². The van der Waals surface area contributed by atoms with E-state index in [1.807, 2.05) is 36.9 Å². The highest BCUT2D eigenvalue weighted by Crippen LogP contribution is 2.22. The van der Waals surface area contributed by atoms with Gasteiger partial charge in [-0.3, -0.25) is 4.90 Å². The number of ether oxygens (including phenoxy) is 1. The summed E-state index contributed by atoms with van der Waals surface area (Å²) >= 11 is 0. The van der Waals surface area contributed by atoms with Crippen LogP contribution in [-0.4, -0.2) is 55.2 Å². The van der Waals surface area contributed by atoms with Gasteiger partial charge < -0.3 is 9.84 Å². The average molecular weight is 422 g/mol. The molecule has 0 radical (unpaired) electrons. The molecule has 2 aromatic carbocycles. The third-order valence-corrected chi connectivity index (χ3v) is 6.89. The molecule has 3 rings (SSSR count). The number of benzene rings is 2. The van der Waals surface area contributed by atoms with Crippen LogP contribution in [0.2, 0.25) is 0 Å². The van der Waals surface area contributed by atoms with Gasteiger partial charge in [0.15, 0.2) is 9.84 Å². The zero-order valence-electron chi connectivity index (χ0n) is 16.8. The summed E-state index contributed by atoms with van der Waals surface area (Å²) in [5.41, 5.74) is 2.64. The Balaban J connectivity index is 1.67. The number of halogens is 1. The van der Waals surface area contributed by atoms with Crippen molar-refractivity contribution < 1.29 is 22.7 Å². The van der Waals surface area contributed by atoms with E-state index in [2.05, 4.69) is 0 Å². The van der Waals surface area contributed by atoms with Crippen molar-refractivity contribution in [2.45, 2.75) is 39.0 Å². The second kappa shape index (κ2) is 9.24.